The van der Waals surface area contributed by atoms with Crippen molar-refractivity contribution in [2.75, 3.05) is 24.7 Å². The monoisotopic (exact) mass is 375 g/mol. The Kier molecular flexibility index (Phi) is 6.44. The zero-order valence-corrected chi connectivity index (χ0v) is 15.0. The zero-order chi connectivity index (χ0) is 19.2. The fourth-order valence-corrected chi connectivity index (χ4v) is 3.07. The second-order valence-corrected chi connectivity index (χ2v) is 7.70. The van der Waals surface area contributed by atoms with E-state index in [0.29, 0.717) is 17.7 Å². The van der Waals surface area contributed by atoms with Crippen LogP contribution in [-0.4, -0.2) is 38.0 Å². The first kappa shape index (κ1) is 19.6. The topological polar surface area (TPSA) is 90.3 Å². The van der Waals surface area contributed by atoms with Crippen LogP contribution in [0.25, 0.3) is 0 Å². The third-order valence-corrected chi connectivity index (χ3v) is 4.88. The van der Waals surface area contributed by atoms with Crippen LogP contribution in [0, 0.1) is 17.1 Å². The number of anilines is 1. The summed E-state index contributed by atoms with van der Waals surface area (Å²) in [5.74, 6) is -0.877. The highest BCUT2D eigenvalue weighted by atomic mass is 32.2. The van der Waals surface area contributed by atoms with Gasteiger partial charge in [-0.05, 0) is 42.3 Å². The Morgan fingerprint density at radius 2 is 1.92 bits per heavy atom. The molecule has 0 bridgehead atoms. The number of nitrogens with zero attached hydrogens (tertiary/aromatic N) is 2. The van der Waals surface area contributed by atoms with Gasteiger partial charge >= 0.3 is 0 Å². The second kappa shape index (κ2) is 8.56. The summed E-state index contributed by atoms with van der Waals surface area (Å²) in [5, 5.41) is 11.4. The van der Waals surface area contributed by atoms with E-state index in [0.717, 1.165) is 16.1 Å². The van der Waals surface area contributed by atoms with Crippen molar-refractivity contribution in [1.82, 2.24) is 4.31 Å². The molecule has 8 heteroatoms. The van der Waals surface area contributed by atoms with Gasteiger partial charge < -0.3 is 5.32 Å². The second-order valence-electron chi connectivity index (χ2n) is 5.71. The summed E-state index contributed by atoms with van der Waals surface area (Å²) >= 11 is 0. The summed E-state index contributed by atoms with van der Waals surface area (Å²) in [6.07, 6.45) is 1.38. The van der Waals surface area contributed by atoms with Gasteiger partial charge in [-0.15, -0.1) is 0 Å². The molecule has 0 fully saturated rings. The molecule has 1 amide bonds. The number of hydrogen-bond donors (Lipinski definition) is 1. The van der Waals surface area contributed by atoms with E-state index < -0.39 is 15.9 Å². The van der Waals surface area contributed by atoms with Crippen LogP contribution in [0.2, 0.25) is 0 Å². The lowest BCUT2D eigenvalue weighted by Crippen LogP contribution is -2.38. The number of carbonyl (C=O) groups excluding carboxylic acids is 1. The predicted octanol–water partition coefficient (Wildman–Crippen LogP) is 2.14. The van der Waals surface area contributed by atoms with Crippen molar-refractivity contribution in [1.29, 1.82) is 5.26 Å². The first-order valence-corrected chi connectivity index (χ1v) is 9.62. The van der Waals surface area contributed by atoms with Gasteiger partial charge in [0.25, 0.3) is 0 Å². The Hall–Kier alpha value is -2.76. The maximum Gasteiger partial charge on any atom is 0.239 e. The molecule has 2 aromatic rings. The third kappa shape index (κ3) is 5.95. The summed E-state index contributed by atoms with van der Waals surface area (Å²) in [7, 11) is -3.60. The van der Waals surface area contributed by atoms with Crippen LogP contribution < -0.4 is 5.32 Å². The van der Waals surface area contributed by atoms with E-state index in [-0.39, 0.29) is 18.9 Å². The van der Waals surface area contributed by atoms with E-state index in [9.17, 15) is 17.6 Å². The number of amides is 1. The van der Waals surface area contributed by atoms with Gasteiger partial charge in [0.05, 0.1) is 24.4 Å². The summed E-state index contributed by atoms with van der Waals surface area (Å²) < 4.78 is 37.9. The van der Waals surface area contributed by atoms with Gasteiger partial charge in [-0.3, -0.25) is 4.79 Å². The number of sulfonamides is 1. The Morgan fingerprint density at radius 1 is 1.23 bits per heavy atom. The molecule has 2 rings (SSSR count). The van der Waals surface area contributed by atoms with Crippen molar-refractivity contribution in [3.8, 4) is 6.07 Å². The third-order valence-electron chi connectivity index (χ3n) is 3.63. The lowest BCUT2D eigenvalue weighted by Gasteiger charge is -2.19. The number of hydrogen-bond acceptors (Lipinski definition) is 4. The van der Waals surface area contributed by atoms with E-state index in [1.807, 2.05) is 6.07 Å². The Balaban J connectivity index is 2.01. The van der Waals surface area contributed by atoms with E-state index in [2.05, 4.69) is 5.32 Å². The Bertz CT molecular complexity index is 921. The fraction of sp³-hybridized carbons (Fsp3) is 0.222. The minimum Gasteiger partial charge on any atom is -0.325 e. The molecule has 0 unspecified atom stereocenters. The van der Waals surface area contributed by atoms with Crippen molar-refractivity contribution >= 4 is 21.6 Å². The van der Waals surface area contributed by atoms with Crippen LogP contribution in [0.3, 0.4) is 0 Å². The highest BCUT2D eigenvalue weighted by Gasteiger charge is 2.20. The smallest absolute Gasteiger partial charge is 0.239 e. The van der Waals surface area contributed by atoms with E-state index in [4.69, 9.17) is 5.26 Å². The number of rotatable bonds is 7. The number of nitriles is 1. The van der Waals surface area contributed by atoms with Gasteiger partial charge in [0.1, 0.15) is 5.82 Å². The first-order valence-electron chi connectivity index (χ1n) is 7.77. The van der Waals surface area contributed by atoms with E-state index in [1.54, 1.807) is 30.3 Å². The van der Waals surface area contributed by atoms with Crippen LogP contribution in [0.1, 0.15) is 11.1 Å². The molecular formula is C18H18FN3O3S. The average Bonchev–Trinajstić information content (AvgIpc) is 2.59. The Morgan fingerprint density at radius 3 is 2.54 bits per heavy atom. The van der Waals surface area contributed by atoms with Gasteiger partial charge in [-0.25, -0.2) is 12.8 Å². The quantitative estimate of drug-likeness (QED) is 0.803. The first-order chi connectivity index (χ1) is 12.3. The minimum absolute atomic E-state index is 0.0934. The lowest BCUT2D eigenvalue weighted by molar-refractivity contribution is -0.116. The molecule has 136 valence electrons. The highest BCUT2D eigenvalue weighted by molar-refractivity contribution is 7.88. The summed E-state index contributed by atoms with van der Waals surface area (Å²) in [5.41, 5.74) is 1.57. The Labute approximate surface area is 151 Å². The molecular weight excluding hydrogens is 357 g/mol. The number of nitrogens with one attached hydrogen (secondary N) is 1. The van der Waals surface area contributed by atoms with Crippen molar-refractivity contribution < 1.29 is 17.6 Å². The molecule has 0 atom stereocenters. The lowest BCUT2D eigenvalue weighted by atomic mass is 10.1. The van der Waals surface area contributed by atoms with Gasteiger partial charge in [-0.2, -0.15) is 9.57 Å². The molecule has 0 aliphatic carbocycles. The van der Waals surface area contributed by atoms with Gasteiger partial charge in [0, 0.05) is 12.2 Å². The highest BCUT2D eigenvalue weighted by Crippen LogP contribution is 2.11. The van der Waals surface area contributed by atoms with Crippen molar-refractivity contribution in [3.63, 3.8) is 0 Å². The van der Waals surface area contributed by atoms with Gasteiger partial charge in [0.2, 0.25) is 15.9 Å². The average molecular weight is 375 g/mol. The molecule has 0 aliphatic heterocycles. The predicted molar refractivity (Wildman–Crippen MR) is 96.3 cm³/mol. The molecule has 1 N–H and O–H groups in total. The summed E-state index contributed by atoms with van der Waals surface area (Å²) in [6, 6.07) is 14.0. The molecule has 0 aliphatic rings. The van der Waals surface area contributed by atoms with Crippen LogP contribution in [0.5, 0.6) is 0 Å². The van der Waals surface area contributed by atoms with Crippen molar-refractivity contribution in [3.05, 3.63) is 65.5 Å². The minimum atomic E-state index is -3.60. The van der Waals surface area contributed by atoms with Crippen LogP contribution in [0.4, 0.5) is 10.1 Å². The maximum atomic E-state index is 12.9. The SMILES string of the molecule is CS(=O)(=O)N(CCc1ccc(F)cc1)CC(=O)Nc1cccc(C#N)c1. The summed E-state index contributed by atoms with van der Waals surface area (Å²) in [6.45, 7) is -0.257. The molecule has 0 heterocycles. The zero-order valence-electron chi connectivity index (χ0n) is 14.1. The normalized spacial score (nSPS) is 11.2. The molecule has 0 saturated carbocycles. The fourth-order valence-electron chi connectivity index (χ4n) is 2.29. The standard InChI is InChI=1S/C18H18FN3O3S/c1-26(24,25)22(10-9-14-5-7-16(19)8-6-14)13-18(23)21-17-4-2-3-15(11-17)12-20/h2-8,11H,9-10,13H2,1H3,(H,21,23). The molecule has 2 aromatic carbocycles. The van der Waals surface area contributed by atoms with Crippen molar-refractivity contribution in [2.24, 2.45) is 0 Å². The molecule has 0 saturated heterocycles. The van der Waals surface area contributed by atoms with Crippen LogP contribution in [0.15, 0.2) is 48.5 Å². The van der Waals surface area contributed by atoms with E-state index in [1.165, 1.54) is 18.2 Å². The molecule has 0 radical (unpaired) electrons. The molecule has 0 aromatic heterocycles. The van der Waals surface area contributed by atoms with Crippen LogP contribution in [-0.2, 0) is 21.2 Å². The van der Waals surface area contributed by atoms with Gasteiger partial charge in [0.15, 0.2) is 0 Å². The number of benzene rings is 2. The van der Waals surface area contributed by atoms with Gasteiger partial charge in [-0.1, -0.05) is 18.2 Å². The molecule has 6 nitrogen and oxygen atoms in total. The largest absolute Gasteiger partial charge is 0.325 e. The summed E-state index contributed by atoms with van der Waals surface area (Å²) in [4.78, 5) is 12.2. The van der Waals surface area contributed by atoms with E-state index >= 15 is 0 Å². The van der Waals surface area contributed by atoms with Crippen molar-refractivity contribution in [2.45, 2.75) is 6.42 Å². The molecule has 0 spiro atoms. The number of halogens is 1. The number of carbonyl (C=O) groups is 1. The molecule has 26 heavy (non-hydrogen) atoms. The van der Waals surface area contributed by atoms with Crippen LogP contribution >= 0.6 is 0 Å². The maximum absolute atomic E-state index is 12.9.